The summed E-state index contributed by atoms with van der Waals surface area (Å²) in [6.07, 6.45) is 4.77. The van der Waals surface area contributed by atoms with Gasteiger partial charge in [-0.2, -0.15) is 0 Å². The molecular weight excluding hydrogens is 210 g/mol. The highest BCUT2D eigenvalue weighted by atomic mass is 15.0. The summed E-state index contributed by atoms with van der Waals surface area (Å²) in [6, 6.07) is 2.05. The summed E-state index contributed by atoms with van der Waals surface area (Å²) >= 11 is 0. The van der Waals surface area contributed by atoms with Gasteiger partial charge < -0.3 is 5.32 Å². The van der Waals surface area contributed by atoms with Crippen molar-refractivity contribution >= 4 is 5.82 Å². The van der Waals surface area contributed by atoms with Gasteiger partial charge in [0.15, 0.2) is 0 Å². The fourth-order valence-corrected chi connectivity index (χ4v) is 1.80. The minimum absolute atomic E-state index is 0.808. The fourth-order valence-electron chi connectivity index (χ4n) is 1.80. The van der Waals surface area contributed by atoms with E-state index in [0.29, 0.717) is 0 Å². The number of hydrogen-bond acceptors (Lipinski definition) is 3. The highest BCUT2D eigenvalue weighted by molar-refractivity contribution is 5.35. The van der Waals surface area contributed by atoms with Crippen molar-refractivity contribution in [2.45, 2.75) is 53.4 Å². The minimum Gasteiger partial charge on any atom is -0.370 e. The first-order chi connectivity index (χ1) is 8.11. The van der Waals surface area contributed by atoms with Crippen molar-refractivity contribution in [1.29, 1.82) is 0 Å². The van der Waals surface area contributed by atoms with Crippen molar-refractivity contribution in [2.75, 3.05) is 11.9 Å². The minimum atomic E-state index is 0.808. The number of nitrogens with one attached hydrogen (secondary N) is 1. The van der Waals surface area contributed by atoms with Crippen molar-refractivity contribution in [3.63, 3.8) is 0 Å². The second-order valence-electron chi connectivity index (χ2n) is 4.96. The summed E-state index contributed by atoms with van der Waals surface area (Å²) in [5, 5.41) is 3.38. The van der Waals surface area contributed by atoms with Gasteiger partial charge in [0.25, 0.3) is 0 Å². The molecule has 0 atom stereocenters. The van der Waals surface area contributed by atoms with E-state index in [4.69, 9.17) is 0 Å². The summed E-state index contributed by atoms with van der Waals surface area (Å²) in [6.45, 7) is 9.62. The van der Waals surface area contributed by atoms with E-state index in [-0.39, 0.29) is 0 Å². The summed E-state index contributed by atoms with van der Waals surface area (Å²) in [5.41, 5.74) is 1.11. The van der Waals surface area contributed by atoms with E-state index in [1.165, 1.54) is 19.3 Å². The monoisotopic (exact) mass is 235 g/mol. The van der Waals surface area contributed by atoms with Crippen LogP contribution in [-0.4, -0.2) is 16.5 Å². The Morgan fingerprint density at radius 1 is 1.24 bits per heavy atom. The Hall–Kier alpha value is -1.12. The van der Waals surface area contributed by atoms with Crippen LogP contribution in [0, 0.1) is 12.8 Å². The SMILES string of the molecule is CCc1cc(NCCCCC(C)C)nc(C)n1. The van der Waals surface area contributed by atoms with Crippen LogP contribution in [0.3, 0.4) is 0 Å². The van der Waals surface area contributed by atoms with Gasteiger partial charge in [0, 0.05) is 18.3 Å². The first-order valence-corrected chi connectivity index (χ1v) is 6.70. The smallest absolute Gasteiger partial charge is 0.129 e. The van der Waals surface area contributed by atoms with Crippen LogP contribution in [0.25, 0.3) is 0 Å². The van der Waals surface area contributed by atoms with Crippen LogP contribution in [0.1, 0.15) is 51.6 Å². The predicted octanol–water partition coefficient (Wildman–Crippen LogP) is 3.59. The van der Waals surface area contributed by atoms with Gasteiger partial charge in [0.05, 0.1) is 0 Å². The lowest BCUT2D eigenvalue weighted by molar-refractivity contribution is 0.544. The number of aryl methyl sites for hydroxylation is 2. The molecule has 0 saturated heterocycles. The summed E-state index contributed by atoms with van der Waals surface area (Å²) < 4.78 is 0. The maximum absolute atomic E-state index is 4.39. The molecule has 1 heterocycles. The lowest BCUT2D eigenvalue weighted by Gasteiger charge is -2.08. The summed E-state index contributed by atoms with van der Waals surface area (Å²) in [5.74, 6) is 2.64. The van der Waals surface area contributed by atoms with Crippen LogP contribution >= 0.6 is 0 Å². The number of unbranched alkanes of at least 4 members (excludes halogenated alkanes) is 1. The maximum atomic E-state index is 4.39. The number of aromatic nitrogens is 2. The van der Waals surface area contributed by atoms with Gasteiger partial charge >= 0.3 is 0 Å². The zero-order valence-corrected chi connectivity index (χ0v) is 11.6. The second kappa shape index (κ2) is 7.25. The Kier molecular flexibility index (Phi) is 5.95. The average molecular weight is 235 g/mol. The van der Waals surface area contributed by atoms with Gasteiger partial charge in [-0.05, 0) is 25.7 Å². The fraction of sp³-hybridized carbons (Fsp3) is 0.714. The second-order valence-corrected chi connectivity index (χ2v) is 4.96. The van der Waals surface area contributed by atoms with Crippen LogP contribution in [0.15, 0.2) is 6.07 Å². The molecule has 0 radical (unpaired) electrons. The van der Waals surface area contributed by atoms with E-state index in [0.717, 1.165) is 36.2 Å². The van der Waals surface area contributed by atoms with Crippen molar-refractivity contribution in [1.82, 2.24) is 9.97 Å². The average Bonchev–Trinajstić information content (AvgIpc) is 2.27. The quantitative estimate of drug-likeness (QED) is 0.734. The highest BCUT2D eigenvalue weighted by Gasteiger charge is 2.00. The predicted molar refractivity (Wildman–Crippen MR) is 73.3 cm³/mol. The number of anilines is 1. The topological polar surface area (TPSA) is 37.8 Å². The first-order valence-electron chi connectivity index (χ1n) is 6.70. The van der Waals surface area contributed by atoms with E-state index >= 15 is 0 Å². The number of nitrogens with zero attached hydrogens (tertiary/aromatic N) is 2. The van der Waals surface area contributed by atoms with Crippen LogP contribution in [0.2, 0.25) is 0 Å². The van der Waals surface area contributed by atoms with E-state index in [1.54, 1.807) is 0 Å². The molecule has 1 aromatic rings. The molecular formula is C14H25N3. The molecule has 1 N–H and O–H groups in total. The molecule has 0 bridgehead atoms. The van der Waals surface area contributed by atoms with Crippen molar-refractivity contribution in [3.05, 3.63) is 17.6 Å². The Balaban J connectivity index is 2.33. The maximum Gasteiger partial charge on any atom is 0.129 e. The van der Waals surface area contributed by atoms with Crippen LogP contribution in [0.4, 0.5) is 5.82 Å². The molecule has 1 aromatic heterocycles. The molecule has 96 valence electrons. The molecule has 0 aromatic carbocycles. The standard InChI is InChI=1S/C14H25N3/c1-5-13-10-14(17-12(4)16-13)15-9-7-6-8-11(2)3/h10-11H,5-9H2,1-4H3,(H,15,16,17). The van der Waals surface area contributed by atoms with E-state index < -0.39 is 0 Å². The van der Waals surface area contributed by atoms with E-state index in [2.05, 4.69) is 42.1 Å². The zero-order chi connectivity index (χ0) is 12.7. The Labute approximate surface area is 105 Å². The van der Waals surface area contributed by atoms with Gasteiger partial charge in [-0.15, -0.1) is 0 Å². The molecule has 0 unspecified atom stereocenters. The normalized spacial score (nSPS) is 10.9. The largest absolute Gasteiger partial charge is 0.370 e. The van der Waals surface area contributed by atoms with Gasteiger partial charge in [0.1, 0.15) is 11.6 Å². The molecule has 0 fully saturated rings. The number of rotatable bonds is 7. The van der Waals surface area contributed by atoms with Gasteiger partial charge in [-0.3, -0.25) is 0 Å². The lowest BCUT2D eigenvalue weighted by Crippen LogP contribution is -2.06. The van der Waals surface area contributed by atoms with Crippen molar-refractivity contribution in [3.8, 4) is 0 Å². The van der Waals surface area contributed by atoms with Crippen LogP contribution < -0.4 is 5.32 Å². The Bertz CT molecular complexity index is 334. The molecule has 3 nitrogen and oxygen atoms in total. The van der Waals surface area contributed by atoms with Gasteiger partial charge in [0.2, 0.25) is 0 Å². The molecule has 0 aliphatic carbocycles. The molecule has 0 spiro atoms. The molecule has 0 saturated carbocycles. The molecule has 0 aliphatic rings. The van der Waals surface area contributed by atoms with Crippen molar-refractivity contribution < 1.29 is 0 Å². The molecule has 0 amide bonds. The first kappa shape index (κ1) is 13.9. The van der Waals surface area contributed by atoms with Crippen LogP contribution in [-0.2, 0) is 6.42 Å². The molecule has 17 heavy (non-hydrogen) atoms. The molecule has 0 aliphatic heterocycles. The lowest BCUT2D eigenvalue weighted by atomic mass is 10.1. The summed E-state index contributed by atoms with van der Waals surface area (Å²) in [7, 11) is 0. The zero-order valence-electron chi connectivity index (χ0n) is 11.6. The summed E-state index contributed by atoms with van der Waals surface area (Å²) in [4.78, 5) is 8.76. The highest BCUT2D eigenvalue weighted by Crippen LogP contribution is 2.09. The number of hydrogen-bond donors (Lipinski definition) is 1. The third-order valence-corrected chi connectivity index (χ3v) is 2.77. The van der Waals surface area contributed by atoms with Crippen molar-refractivity contribution in [2.24, 2.45) is 5.92 Å². The Morgan fingerprint density at radius 2 is 2.00 bits per heavy atom. The van der Waals surface area contributed by atoms with E-state index in [9.17, 15) is 0 Å². The van der Waals surface area contributed by atoms with Crippen LogP contribution in [0.5, 0.6) is 0 Å². The van der Waals surface area contributed by atoms with Gasteiger partial charge in [-0.25, -0.2) is 9.97 Å². The molecule has 3 heteroatoms. The Morgan fingerprint density at radius 3 is 2.65 bits per heavy atom. The third kappa shape index (κ3) is 5.66. The molecule has 1 rings (SSSR count). The van der Waals surface area contributed by atoms with E-state index in [1.807, 2.05) is 6.92 Å². The third-order valence-electron chi connectivity index (χ3n) is 2.77. The van der Waals surface area contributed by atoms with Gasteiger partial charge in [-0.1, -0.05) is 33.6 Å².